The molecule has 1 atom stereocenters. The van der Waals surface area contributed by atoms with Crippen LogP contribution in [0.2, 0.25) is 0 Å². The maximum Gasteiger partial charge on any atom is 0.227 e. The van der Waals surface area contributed by atoms with Crippen LogP contribution >= 0.6 is 0 Å². The molecule has 0 aromatic rings. The zero-order chi connectivity index (χ0) is 13.6. The van der Waals surface area contributed by atoms with Gasteiger partial charge < -0.3 is 16.0 Å². The topological polar surface area (TPSA) is 58.4 Å². The van der Waals surface area contributed by atoms with Gasteiger partial charge in [0, 0.05) is 19.1 Å². The predicted octanol–water partition coefficient (Wildman–Crippen LogP) is 1.35. The first-order chi connectivity index (χ1) is 8.52. The van der Waals surface area contributed by atoms with Crippen LogP contribution in [0.25, 0.3) is 0 Å². The third kappa shape index (κ3) is 3.95. The maximum atomic E-state index is 12.4. The first-order valence-corrected chi connectivity index (χ1v) is 7.16. The van der Waals surface area contributed by atoms with E-state index in [-0.39, 0.29) is 11.3 Å². The average Bonchev–Trinajstić information content (AvgIpc) is 2.61. The molecular weight excluding hydrogens is 226 g/mol. The molecule has 0 aromatic carbocycles. The van der Waals surface area contributed by atoms with Gasteiger partial charge in [-0.25, -0.2) is 0 Å². The van der Waals surface area contributed by atoms with Crippen molar-refractivity contribution in [2.75, 3.05) is 27.2 Å². The van der Waals surface area contributed by atoms with Crippen molar-refractivity contribution >= 4 is 5.91 Å². The van der Waals surface area contributed by atoms with Gasteiger partial charge >= 0.3 is 0 Å². The quantitative estimate of drug-likeness (QED) is 0.729. The summed E-state index contributed by atoms with van der Waals surface area (Å²) in [5, 5.41) is 3.09. The van der Waals surface area contributed by atoms with Crippen molar-refractivity contribution in [3.63, 3.8) is 0 Å². The lowest BCUT2D eigenvalue weighted by Crippen LogP contribution is -2.48. The van der Waals surface area contributed by atoms with Gasteiger partial charge in [0.25, 0.3) is 0 Å². The molecule has 1 unspecified atom stereocenters. The van der Waals surface area contributed by atoms with Crippen molar-refractivity contribution in [1.29, 1.82) is 0 Å². The summed E-state index contributed by atoms with van der Waals surface area (Å²) in [6, 6.07) is 0.356. The number of rotatable bonds is 5. The summed E-state index contributed by atoms with van der Waals surface area (Å²) in [4.78, 5) is 14.5. The Morgan fingerprint density at radius 2 is 1.83 bits per heavy atom. The van der Waals surface area contributed by atoms with E-state index < -0.39 is 0 Å². The molecule has 0 saturated heterocycles. The van der Waals surface area contributed by atoms with Crippen LogP contribution in [-0.4, -0.2) is 44.0 Å². The summed E-state index contributed by atoms with van der Waals surface area (Å²) in [6.07, 6.45) is 6.64. The number of hydrogen-bond donors (Lipinski definition) is 2. The summed E-state index contributed by atoms with van der Waals surface area (Å²) in [5.41, 5.74) is 5.60. The van der Waals surface area contributed by atoms with Gasteiger partial charge in [0.1, 0.15) is 0 Å². The van der Waals surface area contributed by atoms with Crippen molar-refractivity contribution in [3.05, 3.63) is 0 Å². The minimum Gasteiger partial charge on any atom is -0.354 e. The fraction of sp³-hybridized carbons (Fsp3) is 0.929. The molecule has 0 heterocycles. The zero-order valence-electron chi connectivity index (χ0n) is 12.2. The minimum atomic E-state index is -0.303. The molecule has 0 spiro atoms. The van der Waals surface area contributed by atoms with Crippen LogP contribution in [0.3, 0.4) is 0 Å². The van der Waals surface area contributed by atoms with Crippen LogP contribution in [0.1, 0.15) is 45.4 Å². The molecule has 3 N–H and O–H groups in total. The number of hydrogen-bond acceptors (Lipinski definition) is 3. The average molecular weight is 255 g/mol. The van der Waals surface area contributed by atoms with E-state index in [0.29, 0.717) is 19.1 Å². The van der Waals surface area contributed by atoms with E-state index in [1.54, 1.807) is 0 Å². The lowest BCUT2D eigenvalue weighted by Gasteiger charge is -2.31. The number of amides is 1. The minimum absolute atomic E-state index is 0.167. The monoisotopic (exact) mass is 255 g/mol. The molecule has 4 heteroatoms. The Kier molecular flexibility index (Phi) is 6.09. The van der Waals surface area contributed by atoms with Gasteiger partial charge in [-0.1, -0.05) is 25.7 Å². The highest BCUT2D eigenvalue weighted by Crippen LogP contribution is 2.34. The van der Waals surface area contributed by atoms with E-state index >= 15 is 0 Å². The van der Waals surface area contributed by atoms with Crippen LogP contribution in [0.4, 0.5) is 0 Å². The molecular formula is C14H29N3O. The van der Waals surface area contributed by atoms with Gasteiger partial charge in [-0.15, -0.1) is 0 Å². The van der Waals surface area contributed by atoms with Crippen molar-refractivity contribution in [2.24, 2.45) is 11.1 Å². The smallest absolute Gasteiger partial charge is 0.227 e. The number of carbonyl (C=O) groups excluding carboxylic acids is 1. The third-order valence-electron chi connectivity index (χ3n) is 4.37. The molecule has 106 valence electrons. The Labute approximate surface area is 111 Å². The first kappa shape index (κ1) is 15.4. The Morgan fingerprint density at radius 3 is 2.28 bits per heavy atom. The molecule has 1 amide bonds. The molecule has 0 aliphatic heterocycles. The first-order valence-electron chi connectivity index (χ1n) is 7.16. The van der Waals surface area contributed by atoms with Crippen molar-refractivity contribution in [2.45, 2.75) is 51.5 Å². The van der Waals surface area contributed by atoms with Gasteiger partial charge in [0.2, 0.25) is 5.91 Å². The lowest BCUT2D eigenvalue weighted by atomic mass is 9.79. The fourth-order valence-corrected chi connectivity index (χ4v) is 2.54. The van der Waals surface area contributed by atoms with E-state index in [1.165, 1.54) is 12.8 Å². The molecule has 1 fully saturated rings. The summed E-state index contributed by atoms with van der Waals surface area (Å²) in [5.74, 6) is 0.167. The SMILES string of the molecule is CC(CNC(=O)C1(CN)CCCCCC1)N(C)C. The van der Waals surface area contributed by atoms with Crippen LogP contribution in [-0.2, 0) is 4.79 Å². The molecule has 1 saturated carbocycles. The number of nitrogens with one attached hydrogen (secondary N) is 1. The van der Waals surface area contributed by atoms with Gasteiger partial charge in [-0.2, -0.15) is 0 Å². The molecule has 0 bridgehead atoms. The summed E-state index contributed by atoms with van der Waals surface area (Å²) in [7, 11) is 4.06. The summed E-state index contributed by atoms with van der Waals surface area (Å²) < 4.78 is 0. The van der Waals surface area contributed by atoms with Gasteiger partial charge in [-0.05, 0) is 33.9 Å². The molecule has 0 radical (unpaired) electrons. The van der Waals surface area contributed by atoms with Crippen LogP contribution in [0.15, 0.2) is 0 Å². The van der Waals surface area contributed by atoms with Gasteiger partial charge in [0.05, 0.1) is 5.41 Å². The van der Waals surface area contributed by atoms with E-state index in [1.807, 2.05) is 14.1 Å². The van der Waals surface area contributed by atoms with Crippen LogP contribution in [0.5, 0.6) is 0 Å². The predicted molar refractivity (Wildman–Crippen MR) is 75.3 cm³/mol. The van der Waals surface area contributed by atoms with E-state index in [2.05, 4.69) is 17.1 Å². The van der Waals surface area contributed by atoms with Gasteiger partial charge in [0.15, 0.2) is 0 Å². The molecule has 0 aromatic heterocycles. The molecule has 1 rings (SSSR count). The number of nitrogens with zero attached hydrogens (tertiary/aromatic N) is 1. The zero-order valence-corrected chi connectivity index (χ0v) is 12.2. The Morgan fingerprint density at radius 1 is 1.28 bits per heavy atom. The number of carbonyl (C=O) groups is 1. The van der Waals surface area contributed by atoms with Crippen molar-refractivity contribution in [1.82, 2.24) is 10.2 Å². The highest BCUT2D eigenvalue weighted by Gasteiger charge is 2.37. The highest BCUT2D eigenvalue weighted by atomic mass is 16.2. The van der Waals surface area contributed by atoms with Crippen LogP contribution in [0, 0.1) is 5.41 Å². The second-order valence-corrected chi connectivity index (χ2v) is 5.92. The second-order valence-electron chi connectivity index (χ2n) is 5.92. The van der Waals surface area contributed by atoms with E-state index in [0.717, 1.165) is 25.7 Å². The van der Waals surface area contributed by atoms with Gasteiger partial charge in [-0.3, -0.25) is 4.79 Å². The molecule has 1 aliphatic carbocycles. The van der Waals surface area contributed by atoms with E-state index in [4.69, 9.17) is 5.73 Å². The maximum absolute atomic E-state index is 12.4. The molecule has 18 heavy (non-hydrogen) atoms. The van der Waals surface area contributed by atoms with Crippen LogP contribution < -0.4 is 11.1 Å². The molecule has 1 aliphatic rings. The molecule has 4 nitrogen and oxygen atoms in total. The largest absolute Gasteiger partial charge is 0.354 e. The second kappa shape index (κ2) is 7.10. The van der Waals surface area contributed by atoms with Crippen molar-refractivity contribution < 1.29 is 4.79 Å². The fourth-order valence-electron chi connectivity index (χ4n) is 2.54. The van der Waals surface area contributed by atoms with E-state index in [9.17, 15) is 4.79 Å². The standard InChI is InChI=1S/C14H29N3O/c1-12(17(2)3)10-16-13(18)14(11-15)8-6-4-5-7-9-14/h12H,4-11,15H2,1-3H3,(H,16,18). The normalized spacial score (nSPS) is 21.4. The summed E-state index contributed by atoms with van der Waals surface area (Å²) >= 11 is 0. The Balaban J connectivity index is 2.55. The third-order valence-corrected chi connectivity index (χ3v) is 4.37. The number of likely N-dealkylation sites (N-methyl/N-ethyl adjacent to an activating group) is 1. The highest BCUT2D eigenvalue weighted by molar-refractivity contribution is 5.82. The Bertz CT molecular complexity index is 258. The lowest BCUT2D eigenvalue weighted by molar-refractivity contribution is -0.131. The van der Waals surface area contributed by atoms with Crippen molar-refractivity contribution in [3.8, 4) is 0 Å². The Hall–Kier alpha value is -0.610. The summed E-state index contributed by atoms with van der Waals surface area (Å²) in [6.45, 7) is 3.30. The number of nitrogens with two attached hydrogens (primary N) is 1.